The predicted octanol–water partition coefficient (Wildman–Crippen LogP) is 2.35. The Bertz CT molecular complexity index is 297. The molecule has 0 aromatic heterocycles. The maximum absolute atomic E-state index is 12.5. The lowest BCUT2D eigenvalue weighted by Crippen LogP contribution is -2.09. The minimum Gasteiger partial charge on any atom is -0.369 e. The van der Waals surface area contributed by atoms with E-state index in [2.05, 4.69) is 0 Å². The standard InChI is InChI=1S/C10H10FIO2/c11-9-3-1-8(2-4-9)6-14-7-10(13)5-12/h1-4H,5-7H2. The molecule has 1 rings (SSSR count). The number of rotatable bonds is 5. The largest absolute Gasteiger partial charge is 0.369 e. The van der Waals surface area contributed by atoms with E-state index in [0.717, 1.165) is 5.56 Å². The van der Waals surface area contributed by atoms with Gasteiger partial charge >= 0.3 is 0 Å². The van der Waals surface area contributed by atoms with E-state index in [0.29, 0.717) is 11.0 Å². The van der Waals surface area contributed by atoms with Crippen molar-refractivity contribution >= 4 is 28.4 Å². The number of carbonyl (C=O) groups excluding carboxylic acids is 1. The summed E-state index contributed by atoms with van der Waals surface area (Å²) in [5, 5.41) is 0. The Hall–Kier alpha value is -0.490. The molecule has 0 fully saturated rings. The fourth-order valence-corrected chi connectivity index (χ4v) is 1.12. The fraction of sp³-hybridized carbons (Fsp3) is 0.300. The van der Waals surface area contributed by atoms with Crippen LogP contribution in [0.3, 0.4) is 0 Å². The van der Waals surface area contributed by atoms with Gasteiger partial charge in [-0.25, -0.2) is 4.39 Å². The smallest absolute Gasteiger partial charge is 0.168 e. The van der Waals surface area contributed by atoms with Crippen molar-refractivity contribution in [3.05, 3.63) is 35.6 Å². The van der Waals surface area contributed by atoms with Crippen LogP contribution in [-0.2, 0) is 16.1 Å². The first kappa shape index (κ1) is 11.6. The molecule has 0 bridgehead atoms. The topological polar surface area (TPSA) is 26.3 Å². The van der Waals surface area contributed by atoms with Gasteiger partial charge in [-0.3, -0.25) is 4.79 Å². The summed E-state index contributed by atoms with van der Waals surface area (Å²) in [4.78, 5) is 10.9. The predicted molar refractivity (Wildman–Crippen MR) is 60.0 cm³/mol. The average Bonchev–Trinajstić information content (AvgIpc) is 2.21. The van der Waals surface area contributed by atoms with Crippen LogP contribution in [0, 0.1) is 5.82 Å². The maximum atomic E-state index is 12.5. The molecule has 14 heavy (non-hydrogen) atoms. The van der Waals surface area contributed by atoms with Crippen molar-refractivity contribution in [3.8, 4) is 0 Å². The third-order valence-electron chi connectivity index (χ3n) is 1.59. The van der Waals surface area contributed by atoms with Crippen LogP contribution in [0.5, 0.6) is 0 Å². The fourth-order valence-electron chi connectivity index (χ4n) is 0.902. The number of Topliss-reactive ketones (excluding diaryl/α,β-unsaturated/α-hetero) is 1. The van der Waals surface area contributed by atoms with Gasteiger partial charge in [0.1, 0.15) is 12.4 Å². The first-order valence-corrected chi connectivity index (χ1v) is 5.65. The van der Waals surface area contributed by atoms with Gasteiger partial charge in [-0.15, -0.1) is 0 Å². The van der Waals surface area contributed by atoms with E-state index in [1.807, 2.05) is 22.6 Å². The molecule has 0 saturated heterocycles. The van der Waals surface area contributed by atoms with Gasteiger partial charge in [-0.2, -0.15) is 0 Å². The second kappa shape index (κ2) is 6.08. The molecule has 0 radical (unpaired) electrons. The number of benzene rings is 1. The van der Waals surface area contributed by atoms with Crippen molar-refractivity contribution < 1.29 is 13.9 Å². The Morgan fingerprint density at radius 2 is 2.00 bits per heavy atom. The summed E-state index contributed by atoms with van der Waals surface area (Å²) in [6.07, 6.45) is 0. The lowest BCUT2D eigenvalue weighted by molar-refractivity contribution is -0.121. The van der Waals surface area contributed by atoms with Gasteiger partial charge < -0.3 is 4.74 Å². The van der Waals surface area contributed by atoms with Gasteiger partial charge in [-0.05, 0) is 17.7 Å². The van der Waals surface area contributed by atoms with E-state index < -0.39 is 0 Å². The summed E-state index contributed by atoms with van der Waals surface area (Å²) >= 11 is 1.99. The zero-order chi connectivity index (χ0) is 10.4. The van der Waals surface area contributed by atoms with Crippen molar-refractivity contribution in [1.82, 2.24) is 0 Å². The molecule has 76 valence electrons. The molecule has 0 aliphatic rings. The minimum absolute atomic E-state index is 0.0627. The molecule has 0 aliphatic carbocycles. The highest BCUT2D eigenvalue weighted by Crippen LogP contribution is 2.04. The van der Waals surface area contributed by atoms with Crippen molar-refractivity contribution in [2.75, 3.05) is 11.0 Å². The first-order chi connectivity index (χ1) is 6.72. The van der Waals surface area contributed by atoms with Crippen LogP contribution in [0.15, 0.2) is 24.3 Å². The molecule has 0 unspecified atom stereocenters. The van der Waals surface area contributed by atoms with Crippen molar-refractivity contribution in [2.24, 2.45) is 0 Å². The summed E-state index contributed by atoms with van der Waals surface area (Å²) in [6, 6.07) is 6.03. The lowest BCUT2D eigenvalue weighted by atomic mass is 10.2. The lowest BCUT2D eigenvalue weighted by Gasteiger charge is -2.02. The second-order valence-electron chi connectivity index (χ2n) is 2.79. The van der Waals surface area contributed by atoms with Gasteiger partial charge in [0.2, 0.25) is 0 Å². The first-order valence-electron chi connectivity index (χ1n) is 4.12. The monoisotopic (exact) mass is 308 g/mol. The van der Waals surface area contributed by atoms with E-state index in [1.165, 1.54) is 12.1 Å². The van der Waals surface area contributed by atoms with Gasteiger partial charge in [0.15, 0.2) is 5.78 Å². The molecular formula is C10H10FIO2. The van der Waals surface area contributed by atoms with Crippen LogP contribution < -0.4 is 0 Å². The highest BCUT2D eigenvalue weighted by Gasteiger charge is 1.99. The Morgan fingerprint density at radius 3 is 2.57 bits per heavy atom. The number of halogens is 2. The molecule has 0 spiro atoms. The van der Waals surface area contributed by atoms with Gasteiger partial charge in [-0.1, -0.05) is 34.7 Å². The Morgan fingerprint density at radius 1 is 1.36 bits per heavy atom. The summed E-state index contributed by atoms with van der Waals surface area (Å²) < 4.78 is 18.1. The highest BCUT2D eigenvalue weighted by molar-refractivity contribution is 14.1. The van der Waals surface area contributed by atoms with Crippen molar-refractivity contribution in [3.63, 3.8) is 0 Å². The number of ether oxygens (including phenoxy) is 1. The van der Waals surface area contributed by atoms with E-state index in [4.69, 9.17) is 4.74 Å². The Balaban J connectivity index is 2.31. The van der Waals surface area contributed by atoms with Crippen LogP contribution in [0.2, 0.25) is 0 Å². The van der Waals surface area contributed by atoms with Gasteiger partial charge in [0, 0.05) is 0 Å². The van der Waals surface area contributed by atoms with E-state index in [9.17, 15) is 9.18 Å². The number of ketones is 1. The molecule has 0 amide bonds. The molecular weight excluding hydrogens is 298 g/mol. The summed E-state index contributed by atoms with van der Waals surface area (Å²) in [5.74, 6) is -0.204. The zero-order valence-corrected chi connectivity index (χ0v) is 9.66. The third-order valence-corrected chi connectivity index (χ3v) is 2.44. The van der Waals surface area contributed by atoms with Crippen LogP contribution in [0.25, 0.3) is 0 Å². The molecule has 0 saturated carbocycles. The number of carbonyl (C=O) groups is 1. The number of hydrogen-bond acceptors (Lipinski definition) is 2. The number of hydrogen-bond donors (Lipinski definition) is 0. The van der Waals surface area contributed by atoms with Crippen LogP contribution in [0.4, 0.5) is 4.39 Å². The van der Waals surface area contributed by atoms with Crippen molar-refractivity contribution in [2.45, 2.75) is 6.61 Å². The van der Waals surface area contributed by atoms with E-state index >= 15 is 0 Å². The highest BCUT2D eigenvalue weighted by atomic mass is 127. The van der Waals surface area contributed by atoms with Crippen LogP contribution in [0.1, 0.15) is 5.56 Å². The van der Waals surface area contributed by atoms with Crippen molar-refractivity contribution in [1.29, 1.82) is 0 Å². The zero-order valence-electron chi connectivity index (χ0n) is 7.50. The maximum Gasteiger partial charge on any atom is 0.168 e. The summed E-state index contributed by atoms with van der Waals surface area (Å²) in [6.45, 7) is 0.475. The van der Waals surface area contributed by atoms with Crippen LogP contribution in [-0.4, -0.2) is 16.8 Å². The quantitative estimate of drug-likeness (QED) is 0.616. The van der Waals surface area contributed by atoms with Gasteiger partial charge in [0.25, 0.3) is 0 Å². The molecule has 4 heteroatoms. The molecule has 0 heterocycles. The van der Waals surface area contributed by atoms with Crippen LogP contribution >= 0.6 is 22.6 Å². The SMILES string of the molecule is O=C(CI)COCc1ccc(F)cc1. The van der Waals surface area contributed by atoms with E-state index in [1.54, 1.807) is 12.1 Å². The third kappa shape index (κ3) is 4.15. The Labute approximate surface area is 95.6 Å². The number of alkyl halides is 1. The molecule has 0 atom stereocenters. The molecule has 0 aliphatic heterocycles. The summed E-state index contributed by atoms with van der Waals surface area (Å²) in [5.41, 5.74) is 0.868. The molecule has 1 aromatic rings. The molecule has 0 N–H and O–H groups in total. The molecule has 1 aromatic carbocycles. The molecule has 2 nitrogen and oxygen atoms in total. The average molecular weight is 308 g/mol. The summed E-state index contributed by atoms with van der Waals surface area (Å²) in [7, 11) is 0. The second-order valence-corrected chi connectivity index (χ2v) is 3.55. The minimum atomic E-state index is -0.267. The normalized spacial score (nSPS) is 10.1. The van der Waals surface area contributed by atoms with E-state index in [-0.39, 0.29) is 18.2 Å². The van der Waals surface area contributed by atoms with Gasteiger partial charge in [0.05, 0.1) is 11.0 Å². The Kier molecular flexibility index (Phi) is 5.03.